The standard InChI is InChI=1S/C12H6Cl2F2N2O3/c13-8-1-6(2-9(14)4-8)7-3-10(18(19)20)11(17-5-7)21-12(15)16/h1-5,12H. The van der Waals surface area contributed by atoms with Gasteiger partial charge in [-0.2, -0.15) is 8.78 Å². The van der Waals surface area contributed by atoms with E-state index in [4.69, 9.17) is 23.2 Å². The summed E-state index contributed by atoms with van der Waals surface area (Å²) in [7, 11) is 0. The zero-order chi connectivity index (χ0) is 15.6. The summed E-state index contributed by atoms with van der Waals surface area (Å²) in [6, 6.07) is 5.58. The number of hydrogen-bond acceptors (Lipinski definition) is 4. The molecule has 0 atom stereocenters. The summed E-state index contributed by atoms with van der Waals surface area (Å²) < 4.78 is 28.4. The minimum Gasteiger partial charge on any atom is -0.411 e. The number of ether oxygens (including phenoxy) is 1. The Kier molecular flexibility index (Phi) is 4.54. The summed E-state index contributed by atoms with van der Waals surface area (Å²) >= 11 is 11.7. The van der Waals surface area contributed by atoms with Crippen LogP contribution in [0.4, 0.5) is 14.5 Å². The molecule has 0 spiro atoms. The molecule has 0 saturated carbocycles. The Hall–Kier alpha value is -1.99. The monoisotopic (exact) mass is 334 g/mol. The van der Waals surface area contributed by atoms with Gasteiger partial charge in [0.15, 0.2) is 0 Å². The fourth-order valence-corrected chi connectivity index (χ4v) is 2.15. The number of nitro groups is 1. The molecule has 0 aliphatic carbocycles. The van der Waals surface area contributed by atoms with E-state index in [2.05, 4.69) is 9.72 Å². The van der Waals surface area contributed by atoms with Gasteiger partial charge >= 0.3 is 12.3 Å². The lowest BCUT2D eigenvalue weighted by molar-refractivity contribution is -0.386. The third kappa shape index (κ3) is 3.77. The van der Waals surface area contributed by atoms with Gasteiger partial charge in [0, 0.05) is 27.9 Å². The van der Waals surface area contributed by atoms with Crippen LogP contribution in [0.15, 0.2) is 30.5 Å². The molecule has 0 fully saturated rings. The molecule has 0 saturated heterocycles. The molecule has 0 radical (unpaired) electrons. The van der Waals surface area contributed by atoms with Gasteiger partial charge in [-0.3, -0.25) is 10.1 Å². The third-order valence-corrected chi connectivity index (χ3v) is 2.86. The van der Waals surface area contributed by atoms with Gasteiger partial charge in [0.1, 0.15) is 0 Å². The van der Waals surface area contributed by atoms with Gasteiger partial charge in [0.25, 0.3) is 5.88 Å². The first-order valence-electron chi connectivity index (χ1n) is 5.42. The lowest BCUT2D eigenvalue weighted by atomic mass is 10.1. The van der Waals surface area contributed by atoms with Crippen molar-refractivity contribution in [2.24, 2.45) is 0 Å². The van der Waals surface area contributed by atoms with Crippen LogP contribution in [-0.4, -0.2) is 16.5 Å². The SMILES string of the molecule is O=[N+]([O-])c1cc(-c2cc(Cl)cc(Cl)c2)cnc1OC(F)F. The highest BCUT2D eigenvalue weighted by Gasteiger charge is 2.21. The average Bonchev–Trinajstić information content (AvgIpc) is 2.37. The van der Waals surface area contributed by atoms with Crippen LogP contribution in [0.3, 0.4) is 0 Å². The highest BCUT2D eigenvalue weighted by molar-refractivity contribution is 6.35. The van der Waals surface area contributed by atoms with Gasteiger partial charge in [-0.05, 0) is 23.8 Å². The molecule has 9 heteroatoms. The van der Waals surface area contributed by atoms with Gasteiger partial charge in [0.05, 0.1) is 4.92 Å². The van der Waals surface area contributed by atoms with E-state index in [-0.39, 0.29) is 0 Å². The molecular weight excluding hydrogens is 329 g/mol. The van der Waals surface area contributed by atoms with Crippen LogP contribution in [0.5, 0.6) is 5.88 Å². The Labute approximate surface area is 127 Å². The van der Waals surface area contributed by atoms with Crippen molar-refractivity contribution >= 4 is 28.9 Å². The highest BCUT2D eigenvalue weighted by atomic mass is 35.5. The molecule has 1 heterocycles. The van der Waals surface area contributed by atoms with Crippen LogP contribution in [0.25, 0.3) is 11.1 Å². The Morgan fingerprint density at radius 1 is 1.14 bits per heavy atom. The molecule has 0 aliphatic rings. The fourth-order valence-electron chi connectivity index (χ4n) is 1.62. The van der Waals surface area contributed by atoms with Crippen LogP contribution >= 0.6 is 23.2 Å². The van der Waals surface area contributed by atoms with E-state index < -0.39 is 23.1 Å². The lowest BCUT2D eigenvalue weighted by Gasteiger charge is -2.07. The predicted molar refractivity (Wildman–Crippen MR) is 73.0 cm³/mol. The molecule has 5 nitrogen and oxygen atoms in total. The number of nitrogens with zero attached hydrogens (tertiary/aromatic N) is 2. The van der Waals surface area contributed by atoms with Gasteiger partial charge < -0.3 is 4.74 Å². The first-order chi connectivity index (χ1) is 9.86. The summed E-state index contributed by atoms with van der Waals surface area (Å²) in [5.74, 6) is -0.758. The van der Waals surface area contributed by atoms with Crippen LogP contribution in [0, 0.1) is 10.1 Å². The van der Waals surface area contributed by atoms with Crippen molar-refractivity contribution in [1.29, 1.82) is 0 Å². The molecular formula is C12H6Cl2F2N2O3. The van der Waals surface area contributed by atoms with Crippen LogP contribution in [-0.2, 0) is 0 Å². The Morgan fingerprint density at radius 3 is 2.29 bits per heavy atom. The van der Waals surface area contributed by atoms with E-state index in [0.717, 1.165) is 12.3 Å². The van der Waals surface area contributed by atoms with Crippen molar-refractivity contribution < 1.29 is 18.4 Å². The van der Waals surface area contributed by atoms with Crippen molar-refractivity contribution in [2.75, 3.05) is 0 Å². The number of pyridine rings is 1. The molecule has 0 N–H and O–H groups in total. The largest absolute Gasteiger partial charge is 0.411 e. The fraction of sp³-hybridized carbons (Fsp3) is 0.0833. The second-order valence-electron chi connectivity index (χ2n) is 3.84. The molecule has 110 valence electrons. The number of halogens is 4. The first kappa shape index (κ1) is 15.4. The highest BCUT2D eigenvalue weighted by Crippen LogP contribution is 2.33. The molecule has 1 aromatic carbocycles. The summed E-state index contributed by atoms with van der Waals surface area (Å²) in [5, 5.41) is 11.6. The molecule has 2 rings (SSSR count). The summed E-state index contributed by atoms with van der Waals surface area (Å²) in [5.41, 5.74) is 0.0864. The zero-order valence-electron chi connectivity index (χ0n) is 10.1. The zero-order valence-corrected chi connectivity index (χ0v) is 11.6. The maximum atomic E-state index is 12.2. The van der Waals surface area contributed by atoms with Crippen LogP contribution < -0.4 is 4.74 Å². The van der Waals surface area contributed by atoms with Gasteiger partial charge in [-0.25, -0.2) is 4.98 Å². The topological polar surface area (TPSA) is 65.3 Å². The van der Waals surface area contributed by atoms with Crippen molar-refractivity contribution in [2.45, 2.75) is 6.61 Å². The third-order valence-electron chi connectivity index (χ3n) is 2.43. The maximum absolute atomic E-state index is 12.2. The van der Waals surface area contributed by atoms with Crippen LogP contribution in [0.2, 0.25) is 10.0 Å². The van der Waals surface area contributed by atoms with E-state index >= 15 is 0 Å². The van der Waals surface area contributed by atoms with Crippen LogP contribution in [0.1, 0.15) is 0 Å². The van der Waals surface area contributed by atoms with Gasteiger partial charge in [0.2, 0.25) is 0 Å². The molecule has 1 aromatic heterocycles. The van der Waals surface area contributed by atoms with Gasteiger partial charge in [-0.1, -0.05) is 23.2 Å². The number of aromatic nitrogens is 1. The smallest absolute Gasteiger partial charge is 0.388 e. The van der Waals surface area contributed by atoms with E-state index in [1.54, 1.807) is 0 Å². The number of hydrogen-bond donors (Lipinski definition) is 0. The molecule has 21 heavy (non-hydrogen) atoms. The van der Waals surface area contributed by atoms with E-state index in [1.807, 2.05) is 0 Å². The van der Waals surface area contributed by atoms with Crippen molar-refractivity contribution in [1.82, 2.24) is 4.98 Å². The lowest BCUT2D eigenvalue weighted by Crippen LogP contribution is -2.06. The Morgan fingerprint density at radius 2 is 1.76 bits per heavy atom. The van der Waals surface area contributed by atoms with E-state index in [1.165, 1.54) is 18.2 Å². The summed E-state index contributed by atoms with van der Waals surface area (Å²) in [6.07, 6.45) is 1.16. The normalized spacial score (nSPS) is 10.7. The molecule has 0 amide bonds. The quantitative estimate of drug-likeness (QED) is 0.607. The maximum Gasteiger partial charge on any atom is 0.388 e. The Bertz CT molecular complexity index is 678. The molecule has 0 bridgehead atoms. The minimum absolute atomic E-state index is 0.299. The number of alkyl halides is 2. The molecule has 0 unspecified atom stereocenters. The number of benzene rings is 1. The summed E-state index contributed by atoms with van der Waals surface area (Å²) in [6.45, 7) is -3.21. The van der Waals surface area contributed by atoms with E-state index in [9.17, 15) is 18.9 Å². The summed E-state index contributed by atoms with van der Waals surface area (Å²) in [4.78, 5) is 13.6. The second kappa shape index (κ2) is 6.19. The number of rotatable bonds is 4. The van der Waals surface area contributed by atoms with Crippen molar-refractivity contribution in [3.8, 4) is 17.0 Å². The predicted octanol–water partition coefficient (Wildman–Crippen LogP) is 4.57. The average molecular weight is 335 g/mol. The van der Waals surface area contributed by atoms with Crippen molar-refractivity contribution in [3.63, 3.8) is 0 Å². The minimum atomic E-state index is -3.21. The molecule has 0 aliphatic heterocycles. The van der Waals surface area contributed by atoms with Gasteiger partial charge in [-0.15, -0.1) is 0 Å². The van der Waals surface area contributed by atoms with Crippen molar-refractivity contribution in [3.05, 3.63) is 50.6 Å². The molecule has 2 aromatic rings. The Balaban J connectivity index is 2.51. The first-order valence-corrected chi connectivity index (χ1v) is 6.18. The van der Waals surface area contributed by atoms with E-state index in [0.29, 0.717) is 21.2 Å². The second-order valence-corrected chi connectivity index (χ2v) is 4.71.